The molecule has 0 radical (unpaired) electrons. The molecular weight excluding hydrogens is 273 g/mol. The summed E-state index contributed by atoms with van der Waals surface area (Å²) in [4.78, 5) is 23.1. The first-order valence-corrected chi connectivity index (χ1v) is 7.22. The van der Waals surface area contributed by atoms with Crippen LogP contribution in [0.15, 0.2) is 24.3 Å². The van der Waals surface area contributed by atoms with Crippen molar-refractivity contribution in [3.8, 4) is 0 Å². The Morgan fingerprint density at radius 1 is 1.33 bits per heavy atom. The van der Waals surface area contributed by atoms with Crippen LogP contribution in [0, 0.1) is 11.7 Å². The number of carboxylic acids is 1. The minimum absolute atomic E-state index is 0.249. The molecule has 0 spiro atoms. The molecule has 0 saturated carbocycles. The molecule has 1 aromatic carbocycles. The molecule has 1 rings (SSSR count). The quantitative estimate of drug-likeness (QED) is 0.775. The van der Waals surface area contributed by atoms with E-state index < -0.39 is 17.9 Å². The third kappa shape index (κ3) is 5.53. The average molecular weight is 295 g/mol. The van der Waals surface area contributed by atoms with E-state index in [1.54, 1.807) is 25.1 Å². The summed E-state index contributed by atoms with van der Waals surface area (Å²) in [6, 6.07) is 5.41. The van der Waals surface area contributed by atoms with Gasteiger partial charge in [0.05, 0.1) is 0 Å². The first-order valence-electron chi connectivity index (χ1n) is 7.22. The molecule has 5 heteroatoms. The van der Waals surface area contributed by atoms with Gasteiger partial charge in [-0.2, -0.15) is 0 Å². The number of carboxylic acid groups (broad SMARTS) is 1. The Kier molecular flexibility index (Phi) is 6.85. The van der Waals surface area contributed by atoms with Crippen molar-refractivity contribution in [3.63, 3.8) is 0 Å². The number of amides is 1. The smallest absolute Gasteiger partial charge is 0.326 e. The molecule has 2 unspecified atom stereocenters. The standard InChI is InChI=1S/C16H22FNO3/c1-3-4-9-14(16(20)21)18-15(19)11(2)10-12-7-5-6-8-13(12)17/h5-8,11,14H,3-4,9-10H2,1-2H3,(H,18,19)(H,20,21). The molecule has 0 saturated heterocycles. The van der Waals surface area contributed by atoms with Crippen molar-refractivity contribution in [3.05, 3.63) is 35.6 Å². The summed E-state index contributed by atoms with van der Waals surface area (Å²) in [5.41, 5.74) is 0.459. The zero-order valence-corrected chi connectivity index (χ0v) is 12.4. The highest BCUT2D eigenvalue weighted by Crippen LogP contribution is 2.13. The van der Waals surface area contributed by atoms with Gasteiger partial charge in [0.25, 0.3) is 0 Å². The van der Waals surface area contributed by atoms with Gasteiger partial charge in [-0.3, -0.25) is 4.79 Å². The summed E-state index contributed by atoms with van der Waals surface area (Å²) < 4.78 is 13.5. The van der Waals surface area contributed by atoms with E-state index in [1.165, 1.54) is 6.07 Å². The van der Waals surface area contributed by atoms with Crippen LogP contribution >= 0.6 is 0 Å². The molecule has 0 heterocycles. The fourth-order valence-corrected chi connectivity index (χ4v) is 2.07. The summed E-state index contributed by atoms with van der Waals surface area (Å²) in [5.74, 6) is -2.22. The molecule has 2 atom stereocenters. The summed E-state index contributed by atoms with van der Waals surface area (Å²) in [5, 5.41) is 11.6. The lowest BCUT2D eigenvalue weighted by Crippen LogP contribution is -2.43. The van der Waals surface area contributed by atoms with Crippen LogP contribution in [-0.2, 0) is 16.0 Å². The molecule has 2 N–H and O–H groups in total. The van der Waals surface area contributed by atoms with Gasteiger partial charge < -0.3 is 10.4 Å². The van der Waals surface area contributed by atoms with Crippen molar-refractivity contribution >= 4 is 11.9 Å². The number of hydrogen-bond acceptors (Lipinski definition) is 2. The largest absolute Gasteiger partial charge is 0.480 e. The molecule has 0 aliphatic carbocycles. The van der Waals surface area contributed by atoms with Crippen LogP contribution in [0.5, 0.6) is 0 Å². The molecule has 0 aromatic heterocycles. The van der Waals surface area contributed by atoms with E-state index in [0.717, 1.165) is 12.8 Å². The van der Waals surface area contributed by atoms with Gasteiger partial charge in [-0.1, -0.05) is 44.9 Å². The van der Waals surface area contributed by atoms with E-state index >= 15 is 0 Å². The predicted molar refractivity (Wildman–Crippen MR) is 78.4 cm³/mol. The SMILES string of the molecule is CCCCC(NC(=O)C(C)Cc1ccccc1F)C(=O)O. The van der Waals surface area contributed by atoms with Crippen molar-refractivity contribution in [2.75, 3.05) is 0 Å². The Hall–Kier alpha value is -1.91. The van der Waals surface area contributed by atoms with Crippen molar-refractivity contribution in [2.45, 2.75) is 45.6 Å². The maximum absolute atomic E-state index is 13.5. The molecule has 21 heavy (non-hydrogen) atoms. The lowest BCUT2D eigenvalue weighted by Gasteiger charge is -2.18. The maximum atomic E-state index is 13.5. The Bertz CT molecular complexity index is 490. The highest BCUT2D eigenvalue weighted by atomic mass is 19.1. The Morgan fingerprint density at radius 2 is 2.00 bits per heavy atom. The highest BCUT2D eigenvalue weighted by Gasteiger charge is 2.23. The van der Waals surface area contributed by atoms with Crippen molar-refractivity contribution < 1.29 is 19.1 Å². The molecule has 1 amide bonds. The monoisotopic (exact) mass is 295 g/mol. The summed E-state index contributed by atoms with van der Waals surface area (Å²) >= 11 is 0. The minimum atomic E-state index is -1.03. The third-order valence-electron chi connectivity index (χ3n) is 3.39. The van der Waals surface area contributed by atoms with E-state index in [-0.39, 0.29) is 18.1 Å². The molecule has 0 fully saturated rings. The van der Waals surface area contributed by atoms with Gasteiger partial charge >= 0.3 is 5.97 Å². The fourth-order valence-electron chi connectivity index (χ4n) is 2.07. The topological polar surface area (TPSA) is 66.4 Å². The predicted octanol–water partition coefficient (Wildman–Crippen LogP) is 2.76. The van der Waals surface area contributed by atoms with Crippen LogP contribution in [0.3, 0.4) is 0 Å². The Labute approximate surface area is 124 Å². The highest BCUT2D eigenvalue weighted by molar-refractivity contribution is 5.84. The van der Waals surface area contributed by atoms with Crippen molar-refractivity contribution in [2.24, 2.45) is 5.92 Å². The lowest BCUT2D eigenvalue weighted by atomic mass is 9.99. The van der Waals surface area contributed by atoms with Gasteiger partial charge in [-0.05, 0) is 24.5 Å². The first kappa shape index (κ1) is 17.1. The number of rotatable bonds is 8. The van der Waals surface area contributed by atoms with Crippen LogP contribution in [0.4, 0.5) is 4.39 Å². The molecule has 1 aromatic rings. The third-order valence-corrected chi connectivity index (χ3v) is 3.39. The molecule has 0 aliphatic heterocycles. The number of nitrogens with one attached hydrogen (secondary N) is 1. The number of carbonyl (C=O) groups excluding carboxylic acids is 1. The second kappa shape index (κ2) is 8.39. The van der Waals surface area contributed by atoms with Gasteiger partial charge in [0.15, 0.2) is 0 Å². The summed E-state index contributed by atoms with van der Waals surface area (Å²) in [6.45, 7) is 3.63. The number of hydrogen-bond donors (Lipinski definition) is 2. The van der Waals surface area contributed by atoms with Crippen LogP contribution in [0.25, 0.3) is 0 Å². The van der Waals surface area contributed by atoms with Crippen LogP contribution in [-0.4, -0.2) is 23.0 Å². The van der Waals surface area contributed by atoms with Gasteiger partial charge in [0.1, 0.15) is 11.9 Å². The Balaban J connectivity index is 2.61. The van der Waals surface area contributed by atoms with Crippen LogP contribution in [0.2, 0.25) is 0 Å². The minimum Gasteiger partial charge on any atom is -0.480 e. The van der Waals surface area contributed by atoms with Crippen molar-refractivity contribution in [1.82, 2.24) is 5.32 Å². The summed E-state index contributed by atoms with van der Waals surface area (Å²) in [6.07, 6.45) is 2.26. The van der Waals surface area contributed by atoms with Crippen molar-refractivity contribution in [1.29, 1.82) is 0 Å². The number of benzene rings is 1. The molecule has 0 bridgehead atoms. The maximum Gasteiger partial charge on any atom is 0.326 e. The number of aliphatic carboxylic acids is 1. The van der Waals surface area contributed by atoms with E-state index in [9.17, 15) is 14.0 Å². The molecule has 116 valence electrons. The molecule has 0 aliphatic rings. The summed E-state index contributed by atoms with van der Waals surface area (Å²) in [7, 11) is 0. The fraction of sp³-hybridized carbons (Fsp3) is 0.500. The van der Waals surface area contributed by atoms with Gasteiger partial charge in [-0.15, -0.1) is 0 Å². The zero-order valence-electron chi connectivity index (χ0n) is 12.4. The van der Waals surface area contributed by atoms with E-state index in [2.05, 4.69) is 5.32 Å². The average Bonchev–Trinajstić information content (AvgIpc) is 2.45. The molecular formula is C16H22FNO3. The second-order valence-corrected chi connectivity index (χ2v) is 5.24. The number of halogens is 1. The van der Waals surface area contributed by atoms with Gasteiger partial charge in [-0.25, -0.2) is 9.18 Å². The molecule has 4 nitrogen and oxygen atoms in total. The lowest BCUT2D eigenvalue weighted by molar-refractivity contribution is -0.142. The number of carbonyl (C=O) groups is 2. The van der Waals surface area contributed by atoms with Gasteiger partial charge in [0.2, 0.25) is 5.91 Å². The Morgan fingerprint density at radius 3 is 2.57 bits per heavy atom. The normalized spacial score (nSPS) is 13.5. The van der Waals surface area contributed by atoms with E-state index in [4.69, 9.17) is 5.11 Å². The first-order chi connectivity index (χ1) is 9.95. The van der Waals surface area contributed by atoms with E-state index in [1.807, 2.05) is 6.92 Å². The zero-order chi connectivity index (χ0) is 15.8. The van der Waals surface area contributed by atoms with Gasteiger partial charge in [0, 0.05) is 5.92 Å². The van der Waals surface area contributed by atoms with Crippen LogP contribution < -0.4 is 5.32 Å². The second-order valence-electron chi connectivity index (χ2n) is 5.24. The van der Waals surface area contributed by atoms with E-state index in [0.29, 0.717) is 12.0 Å². The van der Waals surface area contributed by atoms with Crippen LogP contribution in [0.1, 0.15) is 38.7 Å². The number of unbranched alkanes of at least 4 members (excludes halogenated alkanes) is 1.